The van der Waals surface area contributed by atoms with Gasteiger partial charge in [-0.1, -0.05) is 6.07 Å². The Morgan fingerprint density at radius 3 is 2.93 bits per heavy atom. The van der Waals surface area contributed by atoms with Crippen molar-refractivity contribution in [3.8, 4) is 5.69 Å². The summed E-state index contributed by atoms with van der Waals surface area (Å²) in [5.74, 6) is -1.68. The van der Waals surface area contributed by atoms with Crippen molar-refractivity contribution in [2.24, 2.45) is 11.3 Å². The number of carbonyl (C=O) groups is 2. The monoisotopic (exact) mass is 399 g/mol. The number of rotatable bonds is 3. The Morgan fingerprint density at radius 2 is 2.17 bits per heavy atom. The number of likely N-dealkylation sites (tertiary alicyclic amines) is 1. The molecule has 2 aliphatic heterocycles. The largest absolute Gasteiger partial charge is 0.481 e. The molecule has 2 aromatic rings. The van der Waals surface area contributed by atoms with Crippen LogP contribution in [0, 0.1) is 17.2 Å². The van der Waals surface area contributed by atoms with Crippen molar-refractivity contribution < 1.29 is 23.8 Å². The van der Waals surface area contributed by atoms with Gasteiger partial charge in [0.05, 0.1) is 17.7 Å². The van der Waals surface area contributed by atoms with Crippen molar-refractivity contribution in [2.45, 2.75) is 25.7 Å². The average Bonchev–Trinajstić information content (AvgIpc) is 3.40. The Hall–Kier alpha value is -2.74. The van der Waals surface area contributed by atoms with Crippen LogP contribution in [0.3, 0.4) is 0 Å². The lowest BCUT2D eigenvalue weighted by molar-refractivity contribution is -0.157. The van der Waals surface area contributed by atoms with Crippen molar-refractivity contribution in [3.63, 3.8) is 0 Å². The van der Waals surface area contributed by atoms with Crippen LogP contribution >= 0.6 is 0 Å². The van der Waals surface area contributed by atoms with Gasteiger partial charge < -0.3 is 14.7 Å². The summed E-state index contributed by atoms with van der Waals surface area (Å²) < 4.78 is 20.9. The first-order chi connectivity index (χ1) is 14.0. The summed E-state index contributed by atoms with van der Waals surface area (Å²) >= 11 is 0. The van der Waals surface area contributed by atoms with Crippen molar-refractivity contribution in [3.05, 3.63) is 47.0 Å². The molecule has 1 N–H and O–H groups in total. The fourth-order valence-corrected chi connectivity index (χ4v) is 5.03. The van der Waals surface area contributed by atoms with Crippen molar-refractivity contribution >= 4 is 11.9 Å². The number of fused-ring (bicyclic) bond motifs is 2. The Bertz CT molecular complexity index is 1000. The van der Waals surface area contributed by atoms with Gasteiger partial charge in [-0.25, -0.2) is 9.07 Å². The standard InChI is InChI=1S/C21H22FN3O4/c22-14-3-1-4-15(9-14)25-17-6-2-5-16(17)18(23-25)19(26)24-10-13-11-29-8-7-21(13,12-24)20(27)28/h1,3-4,9,13H,2,5-8,10-12H2,(H,27,28)/t13-,21+/m0/s1. The van der Waals surface area contributed by atoms with Gasteiger partial charge in [0, 0.05) is 36.9 Å². The second-order valence-electron chi connectivity index (χ2n) is 8.19. The molecule has 152 valence electrons. The molecule has 0 radical (unpaired) electrons. The predicted octanol–water partition coefficient (Wildman–Crippen LogP) is 2.06. The van der Waals surface area contributed by atoms with E-state index in [1.807, 2.05) is 0 Å². The van der Waals surface area contributed by atoms with Gasteiger partial charge in [-0.2, -0.15) is 5.10 Å². The Balaban J connectivity index is 1.50. The van der Waals surface area contributed by atoms with E-state index in [1.54, 1.807) is 21.7 Å². The number of benzene rings is 1. The summed E-state index contributed by atoms with van der Waals surface area (Å²) in [5.41, 5.74) is 1.85. The van der Waals surface area contributed by atoms with Gasteiger partial charge >= 0.3 is 5.97 Å². The zero-order chi connectivity index (χ0) is 20.2. The molecule has 0 spiro atoms. The van der Waals surface area contributed by atoms with Crippen LogP contribution < -0.4 is 0 Å². The van der Waals surface area contributed by atoms with Gasteiger partial charge in [0.25, 0.3) is 5.91 Å². The topological polar surface area (TPSA) is 84.7 Å². The molecule has 29 heavy (non-hydrogen) atoms. The molecule has 2 atom stereocenters. The summed E-state index contributed by atoms with van der Waals surface area (Å²) in [4.78, 5) is 27.0. The summed E-state index contributed by atoms with van der Waals surface area (Å²) in [6.07, 6.45) is 2.85. The lowest BCUT2D eigenvalue weighted by atomic mass is 9.74. The van der Waals surface area contributed by atoms with E-state index < -0.39 is 11.4 Å². The lowest BCUT2D eigenvalue weighted by Gasteiger charge is -2.33. The number of amides is 1. The molecule has 3 aliphatic rings. The van der Waals surface area contributed by atoms with Crippen molar-refractivity contribution in [2.75, 3.05) is 26.3 Å². The number of nitrogens with zero attached hydrogens (tertiary/aromatic N) is 3. The first kappa shape index (κ1) is 18.3. The highest BCUT2D eigenvalue weighted by atomic mass is 19.1. The molecule has 0 unspecified atom stereocenters. The fourth-order valence-electron chi connectivity index (χ4n) is 5.03. The average molecular weight is 399 g/mol. The summed E-state index contributed by atoms with van der Waals surface area (Å²) in [7, 11) is 0. The molecule has 3 heterocycles. The fraction of sp³-hybridized carbons (Fsp3) is 0.476. The maximum atomic E-state index is 13.7. The highest BCUT2D eigenvalue weighted by molar-refractivity contribution is 5.95. The third-order valence-corrected chi connectivity index (χ3v) is 6.61. The summed E-state index contributed by atoms with van der Waals surface area (Å²) in [6, 6.07) is 6.17. The lowest BCUT2D eigenvalue weighted by Crippen LogP contribution is -2.45. The van der Waals surface area contributed by atoms with E-state index in [2.05, 4.69) is 5.10 Å². The van der Waals surface area contributed by atoms with E-state index in [1.165, 1.54) is 12.1 Å². The first-order valence-electron chi connectivity index (χ1n) is 9.97. The number of halogens is 1. The Kier molecular flexibility index (Phi) is 4.20. The van der Waals surface area contributed by atoms with Gasteiger partial charge in [-0.3, -0.25) is 9.59 Å². The van der Waals surface area contributed by atoms with E-state index in [9.17, 15) is 19.1 Å². The highest BCUT2D eigenvalue weighted by Crippen LogP contribution is 2.43. The van der Waals surface area contributed by atoms with Crippen LogP contribution in [-0.4, -0.2) is 58.0 Å². The highest BCUT2D eigenvalue weighted by Gasteiger charge is 2.55. The van der Waals surface area contributed by atoms with Crippen molar-refractivity contribution in [1.82, 2.24) is 14.7 Å². The molecule has 1 aliphatic carbocycles. The Morgan fingerprint density at radius 1 is 1.31 bits per heavy atom. The maximum absolute atomic E-state index is 13.7. The van der Waals surface area contributed by atoms with Crippen LogP contribution in [0.1, 0.15) is 34.6 Å². The molecule has 2 fully saturated rings. The molecular weight excluding hydrogens is 377 g/mol. The molecule has 0 bridgehead atoms. The molecular formula is C21H22FN3O4. The van der Waals surface area contributed by atoms with Gasteiger partial charge in [-0.05, 0) is 43.9 Å². The van der Waals surface area contributed by atoms with Gasteiger partial charge in [0.2, 0.25) is 0 Å². The van der Waals surface area contributed by atoms with Crippen LogP contribution in [-0.2, 0) is 22.4 Å². The zero-order valence-corrected chi connectivity index (χ0v) is 15.9. The minimum absolute atomic E-state index is 0.177. The van der Waals surface area contributed by atoms with Gasteiger partial charge in [-0.15, -0.1) is 0 Å². The predicted molar refractivity (Wildman–Crippen MR) is 100 cm³/mol. The van der Waals surface area contributed by atoms with Crippen LogP contribution in [0.15, 0.2) is 24.3 Å². The van der Waals surface area contributed by atoms with Crippen LogP contribution in [0.25, 0.3) is 5.69 Å². The number of aromatic nitrogens is 2. The van der Waals surface area contributed by atoms with E-state index >= 15 is 0 Å². The molecule has 7 nitrogen and oxygen atoms in total. The number of carboxylic acid groups (broad SMARTS) is 1. The van der Waals surface area contributed by atoms with E-state index in [4.69, 9.17) is 4.74 Å². The van der Waals surface area contributed by atoms with Crippen LogP contribution in [0.4, 0.5) is 4.39 Å². The number of ether oxygens (including phenoxy) is 1. The van der Waals surface area contributed by atoms with Crippen LogP contribution in [0.5, 0.6) is 0 Å². The summed E-state index contributed by atoms with van der Waals surface area (Å²) in [5, 5.41) is 14.4. The molecule has 8 heteroatoms. The SMILES string of the molecule is O=C(c1nn(-c2cccc(F)c2)c2c1CCC2)N1C[C@H]2COCC[C@@]2(C(=O)O)C1. The maximum Gasteiger partial charge on any atom is 0.311 e. The van der Waals surface area contributed by atoms with E-state index in [0.717, 1.165) is 30.5 Å². The number of hydrogen-bond donors (Lipinski definition) is 1. The molecule has 5 rings (SSSR count). The number of aliphatic carboxylic acids is 1. The first-order valence-corrected chi connectivity index (χ1v) is 9.97. The van der Waals surface area contributed by atoms with E-state index in [-0.39, 0.29) is 24.2 Å². The third kappa shape index (κ3) is 2.77. The molecule has 1 aromatic carbocycles. The molecule has 1 amide bonds. The van der Waals surface area contributed by atoms with Gasteiger partial charge in [0.1, 0.15) is 5.82 Å². The van der Waals surface area contributed by atoms with Crippen molar-refractivity contribution in [1.29, 1.82) is 0 Å². The number of carbonyl (C=O) groups excluding carboxylic acids is 1. The molecule has 2 saturated heterocycles. The normalized spacial score (nSPS) is 25.7. The molecule has 0 saturated carbocycles. The van der Waals surface area contributed by atoms with Crippen LogP contribution in [0.2, 0.25) is 0 Å². The third-order valence-electron chi connectivity index (χ3n) is 6.61. The zero-order valence-electron chi connectivity index (χ0n) is 15.9. The Labute approximate surface area is 167 Å². The second kappa shape index (κ2) is 6.66. The number of carboxylic acids is 1. The summed E-state index contributed by atoms with van der Waals surface area (Å²) in [6.45, 7) is 1.28. The quantitative estimate of drug-likeness (QED) is 0.854. The minimum Gasteiger partial charge on any atom is -0.481 e. The smallest absolute Gasteiger partial charge is 0.311 e. The van der Waals surface area contributed by atoms with E-state index in [0.29, 0.717) is 37.6 Å². The molecule has 1 aromatic heterocycles. The minimum atomic E-state index is -0.942. The van der Waals surface area contributed by atoms with Gasteiger partial charge in [0.15, 0.2) is 5.69 Å². The second-order valence-corrected chi connectivity index (χ2v) is 8.19. The number of hydrogen-bond acceptors (Lipinski definition) is 4.